The third-order valence-electron chi connectivity index (χ3n) is 3.16. The van der Waals surface area contributed by atoms with Crippen molar-refractivity contribution in [1.82, 2.24) is 10.3 Å². The number of hydrogen-bond acceptors (Lipinski definition) is 8. The number of alkyl carbamates (subject to hydrolysis) is 1. The fraction of sp³-hybridized carbons (Fsp3) is 0.562. The minimum absolute atomic E-state index is 0.00173. The molecule has 1 rings (SSSR count). The number of hydrogen-bond donors (Lipinski definition) is 4. The molecule has 1 amide bonds. The molecule has 0 fully saturated rings. The van der Waals surface area contributed by atoms with Gasteiger partial charge in [0.15, 0.2) is 0 Å². The summed E-state index contributed by atoms with van der Waals surface area (Å²) < 4.78 is 9.64. The summed E-state index contributed by atoms with van der Waals surface area (Å²) in [5, 5.41) is 22.7. The molecule has 0 aliphatic heterocycles. The summed E-state index contributed by atoms with van der Waals surface area (Å²) in [4.78, 5) is 26.9. The van der Waals surface area contributed by atoms with Crippen LogP contribution in [0.1, 0.15) is 49.2 Å². The van der Waals surface area contributed by atoms with Crippen molar-refractivity contribution in [2.75, 3.05) is 19.4 Å². The van der Waals surface area contributed by atoms with Crippen molar-refractivity contribution in [3.63, 3.8) is 0 Å². The Labute approximate surface area is 146 Å². The molecule has 5 N–H and O–H groups in total. The number of amides is 1. The van der Waals surface area contributed by atoms with E-state index < -0.39 is 29.9 Å². The molecule has 0 aliphatic rings. The highest BCUT2D eigenvalue weighted by atomic mass is 16.6. The van der Waals surface area contributed by atoms with Crippen LogP contribution in [0.5, 0.6) is 0 Å². The molecule has 0 radical (unpaired) electrons. The van der Waals surface area contributed by atoms with Crippen LogP contribution in [0, 0.1) is 0 Å². The number of nitrogens with zero attached hydrogens (tertiary/aromatic N) is 1. The van der Waals surface area contributed by atoms with E-state index in [2.05, 4.69) is 15.0 Å². The number of nitrogen functional groups attached to an aromatic ring is 1. The summed E-state index contributed by atoms with van der Waals surface area (Å²) in [6.45, 7) is 5.30. The zero-order valence-corrected chi connectivity index (χ0v) is 14.8. The fourth-order valence-corrected chi connectivity index (χ4v) is 1.94. The molecule has 2 atom stereocenters. The van der Waals surface area contributed by atoms with Gasteiger partial charge in [0, 0.05) is 18.3 Å². The number of nitrogens with two attached hydrogens (primary N) is 1. The van der Waals surface area contributed by atoms with E-state index in [1.807, 2.05) is 0 Å². The quantitative estimate of drug-likeness (QED) is 0.547. The maximum absolute atomic E-state index is 11.6. The van der Waals surface area contributed by atoms with Gasteiger partial charge in [-0.3, -0.25) is 0 Å². The molecular weight excluding hydrogens is 330 g/mol. The van der Waals surface area contributed by atoms with Crippen LogP contribution in [-0.4, -0.2) is 52.6 Å². The molecule has 0 saturated heterocycles. The van der Waals surface area contributed by atoms with Crippen molar-refractivity contribution in [3.05, 3.63) is 23.4 Å². The Balaban J connectivity index is 2.63. The van der Waals surface area contributed by atoms with Gasteiger partial charge in [-0.25, -0.2) is 14.6 Å². The summed E-state index contributed by atoms with van der Waals surface area (Å²) >= 11 is 0. The van der Waals surface area contributed by atoms with E-state index >= 15 is 0 Å². The third-order valence-corrected chi connectivity index (χ3v) is 3.16. The van der Waals surface area contributed by atoms with E-state index in [0.29, 0.717) is 0 Å². The number of carbonyl (C=O) groups excluding carboxylic acids is 2. The van der Waals surface area contributed by atoms with E-state index in [9.17, 15) is 19.8 Å². The number of aromatic nitrogens is 1. The number of esters is 1. The first-order chi connectivity index (χ1) is 11.5. The summed E-state index contributed by atoms with van der Waals surface area (Å²) in [6.07, 6.45) is -1.78. The van der Waals surface area contributed by atoms with Crippen LogP contribution in [-0.2, 0) is 9.47 Å². The highest BCUT2D eigenvalue weighted by Crippen LogP contribution is 2.22. The van der Waals surface area contributed by atoms with Gasteiger partial charge < -0.3 is 30.7 Å². The van der Waals surface area contributed by atoms with Crippen molar-refractivity contribution < 1.29 is 29.3 Å². The van der Waals surface area contributed by atoms with Crippen LogP contribution in [0.25, 0.3) is 0 Å². The van der Waals surface area contributed by atoms with Gasteiger partial charge in [0.25, 0.3) is 0 Å². The monoisotopic (exact) mass is 355 g/mol. The van der Waals surface area contributed by atoms with E-state index in [4.69, 9.17) is 10.5 Å². The molecule has 1 aromatic rings. The van der Waals surface area contributed by atoms with E-state index in [0.717, 1.165) is 0 Å². The second-order valence-electron chi connectivity index (χ2n) is 6.42. The lowest BCUT2D eigenvalue weighted by molar-refractivity contribution is 0.0120. The Morgan fingerprint density at radius 3 is 2.56 bits per heavy atom. The molecule has 9 nitrogen and oxygen atoms in total. The van der Waals surface area contributed by atoms with Gasteiger partial charge >= 0.3 is 12.1 Å². The summed E-state index contributed by atoms with van der Waals surface area (Å²) in [5.74, 6) is -0.732. The highest BCUT2D eigenvalue weighted by Gasteiger charge is 2.22. The SMILES string of the molecule is COC(=O)c1cc(C(O)C(O)CCNC(=O)OC(C)(C)C)cnc1N. The highest BCUT2D eigenvalue weighted by molar-refractivity contribution is 5.94. The molecule has 9 heteroatoms. The standard InChI is InChI=1S/C16H25N3O6/c1-16(2,3)25-15(23)18-6-5-11(20)12(21)9-7-10(14(22)24-4)13(17)19-8-9/h7-8,11-12,20-21H,5-6H2,1-4H3,(H2,17,19)(H,18,23). The maximum atomic E-state index is 11.6. The second-order valence-corrected chi connectivity index (χ2v) is 6.42. The average molecular weight is 355 g/mol. The predicted molar refractivity (Wildman–Crippen MR) is 89.8 cm³/mol. The van der Waals surface area contributed by atoms with Crippen molar-refractivity contribution in [3.8, 4) is 0 Å². The largest absolute Gasteiger partial charge is 0.465 e. The predicted octanol–water partition coefficient (Wildman–Crippen LogP) is 0.759. The molecule has 0 spiro atoms. The minimum Gasteiger partial charge on any atom is -0.465 e. The summed E-state index contributed by atoms with van der Waals surface area (Å²) in [5.41, 5.74) is 5.17. The minimum atomic E-state index is -1.31. The number of nitrogens with one attached hydrogen (secondary N) is 1. The molecule has 0 saturated carbocycles. The lowest BCUT2D eigenvalue weighted by atomic mass is 10.0. The van der Waals surface area contributed by atoms with Crippen molar-refractivity contribution in [2.24, 2.45) is 0 Å². The molecular formula is C16H25N3O6. The van der Waals surface area contributed by atoms with Gasteiger partial charge in [-0.2, -0.15) is 0 Å². The first kappa shape index (κ1) is 20.7. The fourth-order valence-electron chi connectivity index (χ4n) is 1.94. The number of methoxy groups -OCH3 is 1. The lowest BCUT2D eigenvalue weighted by Gasteiger charge is -2.21. The average Bonchev–Trinajstić information content (AvgIpc) is 2.52. The van der Waals surface area contributed by atoms with Crippen LogP contribution >= 0.6 is 0 Å². The normalized spacial score (nSPS) is 13.7. The first-order valence-electron chi connectivity index (χ1n) is 7.72. The molecule has 140 valence electrons. The van der Waals surface area contributed by atoms with Gasteiger partial charge in [-0.1, -0.05) is 0 Å². The van der Waals surface area contributed by atoms with Gasteiger partial charge in [0.2, 0.25) is 0 Å². The molecule has 1 aromatic heterocycles. The van der Waals surface area contributed by atoms with Crippen LogP contribution in [0.3, 0.4) is 0 Å². The number of rotatable bonds is 6. The van der Waals surface area contributed by atoms with E-state index in [-0.39, 0.29) is 29.9 Å². The Hall–Kier alpha value is -2.39. The first-order valence-corrected chi connectivity index (χ1v) is 7.72. The summed E-state index contributed by atoms with van der Waals surface area (Å²) in [7, 11) is 1.20. The van der Waals surface area contributed by atoms with Gasteiger partial charge in [0.05, 0.1) is 13.2 Å². The topological polar surface area (TPSA) is 144 Å². The molecule has 0 aliphatic carbocycles. The zero-order valence-electron chi connectivity index (χ0n) is 14.8. The Kier molecular flexibility index (Phi) is 7.13. The van der Waals surface area contributed by atoms with Crippen molar-refractivity contribution >= 4 is 17.9 Å². The third kappa shape index (κ3) is 6.55. The van der Waals surface area contributed by atoms with Crippen molar-refractivity contribution in [1.29, 1.82) is 0 Å². The molecule has 0 bridgehead atoms. The Morgan fingerprint density at radius 1 is 1.36 bits per heavy atom. The number of carbonyl (C=O) groups is 2. The number of ether oxygens (including phenoxy) is 2. The van der Waals surface area contributed by atoms with Gasteiger partial charge in [-0.05, 0) is 33.3 Å². The van der Waals surface area contributed by atoms with Crippen molar-refractivity contribution in [2.45, 2.75) is 45.0 Å². The van der Waals surface area contributed by atoms with Gasteiger partial charge in [-0.15, -0.1) is 0 Å². The molecule has 2 unspecified atom stereocenters. The summed E-state index contributed by atoms with van der Waals surface area (Å²) in [6, 6.07) is 1.31. The lowest BCUT2D eigenvalue weighted by Crippen LogP contribution is -2.34. The number of anilines is 1. The van der Waals surface area contributed by atoms with Gasteiger partial charge in [0.1, 0.15) is 23.1 Å². The van der Waals surface area contributed by atoms with Crippen LogP contribution in [0.15, 0.2) is 12.3 Å². The maximum Gasteiger partial charge on any atom is 0.407 e. The van der Waals surface area contributed by atoms with E-state index in [1.54, 1.807) is 20.8 Å². The Morgan fingerprint density at radius 2 is 2.00 bits per heavy atom. The number of pyridine rings is 1. The van der Waals surface area contributed by atoms with Crippen LogP contribution in [0.2, 0.25) is 0 Å². The number of aliphatic hydroxyl groups excluding tert-OH is 2. The number of aliphatic hydroxyl groups is 2. The second kappa shape index (κ2) is 8.63. The molecule has 25 heavy (non-hydrogen) atoms. The zero-order chi connectivity index (χ0) is 19.2. The van der Waals surface area contributed by atoms with E-state index in [1.165, 1.54) is 19.4 Å². The Bertz CT molecular complexity index is 614. The van der Waals surface area contributed by atoms with Crippen LogP contribution in [0.4, 0.5) is 10.6 Å². The molecule has 1 heterocycles. The smallest absolute Gasteiger partial charge is 0.407 e. The molecule has 0 aromatic carbocycles. The van der Waals surface area contributed by atoms with Crippen LogP contribution < -0.4 is 11.1 Å².